The lowest BCUT2D eigenvalue weighted by Crippen LogP contribution is -2.48. The Morgan fingerprint density at radius 3 is 2.20 bits per heavy atom. The van der Waals surface area contributed by atoms with E-state index in [0.29, 0.717) is 12.8 Å². The van der Waals surface area contributed by atoms with E-state index in [-0.39, 0.29) is 24.5 Å². The molecule has 1 rings (SSSR count). The fraction of sp³-hybridized carbons (Fsp3) is 0.909. The Morgan fingerprint density at radius 2 is 1.80 bits per heavy atom. The molecule has 1 fully saturated rings. The van der Waals surface area contributed by atoms with Gasteiger partial charge in [-0.05, 0) is 38.5 Å². The van der Waals surface area contributed by atoms with Crippen LogP contribution in [0.3, 0.4) is 0 Å². The van der Waals surface area contributed by atoms with E-state index in [0.717, 1.165) is 12.8 Å². The van der Waals surface area contributed by atoms with Crippen molar-refractivity contribution in [1.29, 1.82) is 0 Å². The van der Waals surface area contributed by atoms with Crippen LogP contribution < -0.4 is 5.73 Å². The lowest BCUT2D eigenvalue weighted by Gasteiger charge is -2.26. The van der Waals surface area contributed by atoms with E-state index in [4.69, 9.17) is 10.5 Å². The van der Waals surface area contributed by atoms with Crippen LogP contribution in [-0.2, 0) is 9.53 Å². The zero-order valence-corrected chi connectivity index (χ0v) is 10.4. The Balaban J connectivity index is 0.00000196. The second kappa shape index (κ2) is 6.33. The quantitative estimate of drug-likeness (QED) is 0.762. The highest BCUT2D eigenvalue weighted by Gasteiger charge is 2.34. The zero-order chi connectivity index (χ0) is 10.6. The van der Waals surface area contributed by atoms with E-state index in [1.807, 2.05) is 13.8 Å². The summed E-state index contributed by atoms with van der Waals surface area (Å²) in [7, 11) is 0. The van der Waals surface area contributed by atoms with Gasteiger partial charge in [-0.3, -0.25) is 4.79 Å². The molecule has 0 atom stereocenters. The molecule has 0 heterocycles. The largest absolute Gasteiger partial charge is 0.461 e. The molecule has 0 bridgehead atoms. The van der Waals surface area contributed by atoms with Gasteiger partial charge in [-0.25, -0.2) is 0 Å². The van der Waals surface area contributed by atoms with Crippen molar-refractivity contribution in [2.24, 2.45) is 5.73 Å². The summed E-state index contributed by atoms with van der Waals surface area (Å²) in [6.45, 7) is 3.86. The average Bonchev–Trinajstić information content (AvgIpc) is 2.69. The first-order valence-electron chi connectivity index (χ1n) is 5.62. The van der Waals surface area contributed by atoms with Gasteiger partial charge in [0.15, 0.2) is 0 Å². The molecule has 0 amide bonds. The molecule has 0 aromatic carbocycles. The van der Waals surface area contributed by atoms with E-state index < -0.39 is 5.54 Å². The smallest absolute Gasteiger partial charge is 0.326 e. The van der Waals surface area contributed by atoms with Gasteiger partial charge >= 0.3 is 5.97 Å². The molecule has 0 aromatic heterocycles. The van der Waals surface area contributed by atoms with Crippen molar-refractivity contribution in [3.63, 3.8) is 0 Å². The monoisotopic (exact) mass is 235 g/mol. The molecule has 15 heavy (non-hydrogen) atoms. The number of carbonyl (C=O) groups excluding carboxylic acids is 1. The predicted molar refractivity (Wildman–Crippen MR) is 63.1 cm³/mol. The molecule has 0 aromatic rings. The molecular formula is C11H22ClNO2. The van der Waals surface area contributed by atoms with Crippen LogP contribution in [0, 0.1) is 0 Å². The number of ether oxygens (including phenoxy) is 1. The van der Waals surface area contributed by atoms with E-state index in [9.17, 15) is 4.79 Å². The van der Waals surface area contributed by atoms with Crippen LogP contribution in [0.2, 0.25) is 0 Å². The molecule has 0 radical (unpaired) electrons. The first-order valence-corrected chi connectivity index (χ1v) is 5.62. The molecule has 4 heteroatoms. The van der Waals surface area contributed by atoms with Gasteiger partial charge in [0.25, 0.3) is 0 Å². The summed E-state index contributed by atoms with van der Waals surface area (Å²) in [5, 5.41) is 0. The highest BCUT2D eigenvalue weighted by Crippen LogP contribution is 2.23. The Bertz CT molecular complexity index is 199. The van der Waals surface area contributed by atoms with Crippen molar-refractivity contribution < 1.29 is 9.53 Å². The lowest BCUT2D eigenvalue weighted by molar-refractivity contribution is -0.155. The number of esters is 1. The molecule has 2 N–H and O–H groups in total. The minimum atomic E-state index is -0.761. The van der Waals surface area contributed by atoms with Gasteiger partial charge in [0.2, 0.25) is 0 Å². The van der Waals surface area contributed by atoms with E-state index in [2.05, 4.69) is 0 Å². The molecule has 1 aliphatic carbocycles. The fourth-order valence-electron chi connectivity index (χ4n) is 1.81. The Hall–Kier alpha value is -0.280. The zero-order valence-electron chi connectivity index (χ0n) is 9.62. The molecule has 3 nitrogen and oxygen atoms in total. The van der Waals surface area contributed by atoms with Gasteiger partial charge in [-0.1, -0.05) is 13.8 Å². The van der Waals surface area contributed by atoms with Gasteiger partial charge in [-0.15, -0.1) is 12.4 Å². The molecular weight excluding hydrogens is 214 g/mol. The molecule has 0 aliphatic heterocycles. The van der Waals surface area contributed by atoms with Crippen LogP contribution in [0.1, 0.15) is 52.4 Å². The number of hydrogen-bond acceptors (Lipinski definition) is 3. The minimum absolute atomic E-state index is 0. The lowest BCUT2D eigenvalue weighted by atomic mass is 9.94. The third kappa shape index (κ3) is 3.65. The number of nitrogens with two attached hydrogens (primary N) is 1. The highest BCUT2D eigenvalue weighted by molar-refractivity contribution is 5.85. The second-order valence-corrected chi connectivity index (χ2v) is 4.18. The van der Waals surface area contributed by atoms with Gasteiger partial charge in [-0.2, -0.15) is 0 Å². The topological polar surface area (TPSA) is 52.3 Å². The van der Waals surface area contributed by atoms with Gasteiger partial charge < -0.3 is 10.5 Å². The summed E-state index contributed by atoms with van der Waals surface area (Å²) < 4.78 is 5.39. The summed E-state index contributed by atoms with van der Waals surface area (Å²) in [5.41, 5.74) is 5.18. The van der Waals surface area contributed by atoms with Crippen molar-refractivity contribution in [1.82, 2.24) is 0 Å². The van der Waals surface area contributed by atoms with Crippen LogP contribution in [0.5, 0.6) is 0 Å². The molecule has 0 saturated heterocycles. The van der Waals surface area contributed by atoms with E-state index in [1.54, 1.807) is 0 Å². The van der Waals surface area contributed by atoms with Crippen LogP contribution in [0.15, 0.2) is 0 Å². The van der Waals surface area contributed by atoms with E-state index >= 15 is 0 Å². The number of carbonyl (C=O) groups is 1. The van der Waals surface area contributed by atoms with Gasteiger partial charge in [0.1, 0.15) is 11.6 Å². The Kier molecular flexibility index (Phi) is 6.22. The SMILES string of the molecule is CCC(N)(CC)C(=O)OC1CCCC1.Cl. The Morgan fingerprint density at radius 1 is 1.33 bits per heavy atom. The third-order valence-electron chi connectivity index (χ3n) is 3.24. The number of hydrogen-bond donors (Lipinski definition) is 1. The van der Waals surface area contributed by atoms with Gasteiger partial charge in [0.05, 0.1) is 0 Å². The summed E-state index contributed by atoms with van der Waals surface area (Å²) in [6, 6.07) is 0. The van der Waals surface area contributed by atoms with Crippen LogP contribution in [-0.4, -0.2) is 17.6 Å². The molecule has 1 aliphatic rings. The summed E-state index contributed by atoms with van der Waals surface area (Å²) in [6.07, 6.45) is 5.79. The number of halogens is 1. The van der Waals surface area contributed by atoms with Crippen molar-refractivity contribution in [3.05, 3.63) is 0 Å². The summed E-state index contributed by atoms with van der Waals surface area (Å²) in [4.78, 5) is 11.7. The normalized spacial score (nSPS) is 17.3. The van der Waals surface area contributed by atoms with Crippen LogP contribution in [0.25, 0.3) is 0 Å². The average molecular weight is 236 g/mol. The van der Waals surface area contributed by atoms with Crippen LogP contribution in [0.4, 0.5) is 0 Å². The van der Waals surface area contributed by atoms with Crippen molar-refractivity contribution in [3.8, 4) is 0 Å². The van der Waals surface area contributed by atoms with Crippen molar-refractivity contribution in [2.75, 3.05) is 0 Å². The first kappa shape index (κ1) is 14.7. The Labute approximate surface area is 98.2 Å². The summed E-state index contributed by atoms with van der Waals surface area (Å²) in [5.74, 6) is -0.214. The van der Waals surface area contributed by atoms with Crippen molar-refractivity contribution in [2.45, 2.75) is 64.0 Å². The molecule has 0 unspecified atom stereocenters. The fourth-order valence-corrected chi connectivity index (χ4v) is 1.81. The van der Waals surface area contributed by atoms with Crippen LogP contribution >= 0.6 is 12.4 Å². The molecule has 0 spiro atoms. The second-order valence-electron chi connectivity index (χ2n) is 4.18. The highest BCUT2D eigenvalue weighted by atomic mass is 35.5. The number of rotatable bonds is 4. The van der Waals surface area contributed by atoms with Crippen molar-refractivity contribution >= 4 is 18.4 Å². The first-order chi connectivity index (χ1) is 6.62. The van der Waals surface area contributed by atoms with Gasteiger partial charge in [0, 0.05) is 0 Å². The maximum absolute atomic E-state index is 11.7. The third-order valence-corrected chi connectivity index (χ3v) is 3.24. The minimum Gasteiger partial charge on any atom is -0.461 e. The summed E-state index contributed by atoms with van der Waals surface area (Å²) >= 11 is 0. The van der Waals surface area contributed by atoms with E-state index in [1.165, 1.54) is 12.8 Å². The molecule has 1 saturated carbocycles. The predicted octanol–water partition coefficient (Wildman–Crippen LogP) is 2.41. The standard InChI is InChI=1S/C11H21NO2.ClH/c1-3-11(12,4-2)10(13)14-9-7-5-6-8-9;/h9H,3-8,12H2,1-2H3;1H. The maximum atomic E-state index is 11.7. The molecule has 90 valence electrons. The maximum Gasteiger partial charge on any atom is 0.326 e.